The summed E-state index contributed by atoms with van der Waals surface area (Å²) in [4.78, 5) is 22.8. The molecule has 5 heteroatoms. The van der Waals surface area contributed by atoms with Crippen LogP contribution >= 0.6 is 0 Å². The van der Waals surface area contributed by atoms with Crippen molar-refractivity contribution >= 4 is 5.97 Å². The van der Waals surface area contributed by atoms with Crippen LogP contribution in [0.3, 0.4) is 0 Å². The molecule has 0 fully saturated rings. The van der Waals surface area contributed by atoms with Crippen molar-refractivity contribution < 1.29 is 14.6 Å². The molecule has 5 nitrogen and oxygen atoms in total. The predicted molar refractivity (Wildman–Crippen MR) is 167 cm³/mol. The van der Waals surface area contributed by atoms with Gasteiger partial charge in [-0.05, 0) is 60.1 Å². The maximum atomic E-state index is 12.1. The van der Waals surface area contributed by atoms with Crippen LogP contribution in [0.25, 0.3) is 0 Å². The van der Waals surface area contributed by atoms with Crippen LogP contribution in [0.15, 0.2) is 108 Å². The Morgan fingerprint density at radius 3 is 1.95 bits per heavy atom. The number of aliphatic carboxylic acids is 1. The Kier molecular flexibility index (Phi) is 12.4. The van der Waals surface area contributed by atoms with E-state index in [1.54, 1.807) is 12.1 Å². The van der Waals surface area contributed by atoms with Gasteiger partial charge >= 0.3 is 5.97 Å². The zero-order valence-corrected chi connectivity index (χ0v) is 24.7. The summed E-state index contributed by atoms with van der Waals surface area (Å²) in [5.41, 5.74) is 4.91. The molecule has 3 aromatic carbocycles. The fraction of sp³-hybridized carbons (Fsp3) is 0.333. The largest absolute Gasteiger partial charge is 0.479 e. The van der Waals surface area contributed by atoms with Crippen LogP contribution in [-0.2, 0) is 11.3 Å². The zero-order valence-electron chi connectivity index (χ0n) is 24.7. The highest BCUT2D eigenvalue weighted by molar-refractivity contribution is 5.72. The molecule has 0 saturated carbocycles. The number of nitrogens with zero attached hydrogens (tertiary/aromatic N) is 1. The van der Waals surface area contributed by atoms with E-state index in [4.69, 9.17) is 9.84 Å². The summed E-state index contributed by atoms with van der Waals surface area (Å²) in [5.74, 6) is 0.293. The quantitative estimate of drug-likeness (QED) is 0.192. The van der Waals surface area contributed by atoms with Gasteiger partial charge in [0.2, 0.25) is 0 Å². The van der Waals surface area contributed by atoms with Crippen LogP contribution in [0.2, 0.25) is 0 Å². The van der Waals surface area contributed by atoms with Crippen molar-refractivity contribution in [2.24, 2.45) is 0 Å². The van der Waals surface area contributed by atoms with Crippen LogP contribution in [0.5, 0.6) is 5.75 Å². The fourth-order valence-corrected chi connectivity index (χ4v) is 4.84. The number of aromatic nitrogens is 1. The van der Waals surface area contributed by atoms with E-state index in [1.807, 2.05) is 41.1 Å². The lowest BCUT2D eigenvalue weighted by molar-refractivity contribution is -0.144. The van der Waals surface area contributed by atoms with Gasteiger partial charge in [0, 0.05) is 24.7 Å². The lowest BCUT2D eigenvalue weighted by atomic mass is 9.86. The minimum atomic E-state index is -0.947. The normalized spacial score (nSPS) is 12.2. The lowest BCUT2D eigenvalue weighted by Gasteiger charge is -2.20. The SMILES string of the molecule is CCCC(C)c1cccc(OC(C)C(=O)O)c1.CCCCn1cc(C(c2ccccc2)c2ccccc2)ccc1=O. The summed E-state index contributed by atoms with van der Waals surface area (Å²) in [6.07, 6.45) is 5.58. The van der Waals surface area contributed by atoms with Crippen LogP contribution in [-0.4, -0.2) is 21.7 Å². The average Bonchev–Trinajstić information content (AvgIpc) is 2.99. The molecular weight excluding hydrogens is 510 g/mol. The zero-order chi connectivity index (χ0) is 29.6. The van der Waals surface area contributed by atoms with Crippen molar-refractivity contribution in [1.29, 1.82) is 0 Å². The number of carboxylic acids is 1. The predicted octanol–water partition coefficient (Wildman–Crippen LogP) is 8.27. The van der Waals surface area contributed by atoms with Gasteiger partial charge in [-0.2, -0.15) is 0 Å². The minimum absolute atomic E-state index is 0.0760. The number of hydrogen-bond donors (Lipinski definition) is 1. The molecule has 0 bridgehead atoms. The minimum Gasteiger partial charge on any atom is -0.479 e. The van der Waals surface area contributed by atoms with E-state index < -0.39 is 12.1 Å². The Morgan fingerprint density at radius 2 is 1.39 bits per heavy atom. The van der Waals surface area contributed by atoms with E-state index in [0.717, 1.165) is 37.8 Å². The molecule has 4 aromatic rings. The van der Waals surface area contributed by atoms with Gasteiger partial charge in [-0.15, -0.1) is 0 Å². The second-order valence-corrected chi connectivity index (χ2v) is 10.5. The van der Waals surface area contributed by atoms with Gasteiger partial charge in [0.15, 0.2) is 6.10 Å². The summed E-state index contributed by atoms with van der Waals surface area (Å²) in [6, 6.07) is 32.3. The standard InChI is InChI=1S/C22H23NO.C14H20O3/c1-2-3-16-23-17-20(14-15-21(23)24)22(18-10-6-4-7-11-18)19-12-8-5-9-13-19;1-4-6-10(2)12-7-5-8-13(9-12)17-11(3)14(15)16/h4-15,17,22H,2-3,16H2,1H3;5,7-11H,4,6H2,1-3H3,(H,15,16). The highest BCUT2D eigenvalue weighted by atomic mass is 16.5. The van der Waals surface area contributed by atoms with Gasteiger partial charge in [0.05, 0.1) is 0 Å². The highest BCUT2D eigenvalue weighted by Gasteiger charge is 2.17. The Bertz CT molecular complexity index is 1360. The molecule has 0 spiro atoms. The van der Waals surface area contributed by atoms with Crippen LogP contribution < -0.4 is 10.3 Å². The molecule has 0 aliphatic rings. The summed E-state index contributed by atoms with van der Waals surface area (Å²) in [5, 5.41) is 8.78. The van der Waals surface area contributed by atoms with Crippen LogP contribution in [0, 0.1) is 0 Å². The number of ether oxygens (including phenoxy) is 1. The van der Waals surface area contributed by atoms with E-state index >= 15 is 0 Å². The monoisotopic (exact) mass is 553 g/mol. The van der Waals surface area contributed by atoms with E-state index in [0.29, 0.717) is 11.7 Å². The average molecular weight is 554 g/mol. The number of carboxylic acid groups (broad SMARTS) is 1. The molecule has 2 unspecified atom stereocenters. The van der Waals surface area contributed by atoms with Gasteiger partial charge in [0.25, 0.3) is 5.56 Å². The maximum Gasteiger partial charge on any atom is 0.344 e. The number of pyridine rings is 1. The van der Waals surface area contributed by atoms with E-state index in [1.165, 1.54) is 23.6 Å². The van der Waals surface area contributed by atoms with Crippen LogP contribution in [0.4, 0.5) is 0 Å². The van der Waals surface area contributed by atoms with E-state index in [9.17, 15) is 9.59 Å². The van der Waals surface area contributed by atoms with Crippen molar-refractivity contribution in [2.45, 2.75) is 77.9 Å². The number of benzene rings is 3. The third kappa shape index (κ3) is 9.49. The Morgan fingerprint density at radius 1 is 0.780 bits per heavy atom. The smallest absolute Gasteiger partial charge is 0.344 e. The first-order chi connectivity index (χ1) is 19.8. The number of carbonyl (C=O) groups is 1. The molecule has 0 saturated heterocycles. The molecule has 1 heterocycles. The molecule has 1 N–H and O–H groups in total. The first-order valence-electron chi connectivity index (χ1n) is 14.6. The van der Waals surface area contributed by atoms with Gasteiger partial charge in [-0.3, -0.25) is 4.79 Å². The molecule has 41 heavy (non-hydrogen) atoms. The molecule has 2 atom stereocenters. The van der Waals surface area contributed by atoms with Gasteiger partial charge in [0.1, 0.15) is 5.75 Å². The Labute approximate surface area is 244 Å². The van der Waals surface area contributed by atoms with Crippen molar-refractivity contribution in [1.82, 2.24) is 4.57 Å². The molecule has 4 rings (SSSR count). The Hall–Kier alpha value is -4.12. The van der Waals surface area contributed by atoms with Crippen molar-refractivity contribution in [3.05, 3.63) is 136 Å². The molecule has 0 amide bonds. The molecular formula is C36H43NO4. The number of aryl methyl sites for hydroxylation is 1. The summed E-state index contributed by atoms with van der Waals surface area (Å²) >= 11 is 0. The molecule has 0 aliphatic heterocycles. The third-order valence-electron chi connectivity index (χ3n) is 7.17. The van der Waals surface area contributed by atoms with Gasteiger partial charge in [-0.1, -0.05) is 112 Å². The summed E-state index contributed by atoms with van der Waals surface area (Å²) in [6.45, 7) is 8.78. The molecule has 0 aliphatic carbocycles. The maximum absolute atomic E-state index is 12.1. The van der Waals surface area contributed by atoms with Gasteiger partial charge in [-0.25, -0.2) is 4.79 Å². The van der Waals surface area contributed by atoms with E-state index in [-0.39, 0.29) is 11.5 Å². The summed E-state index contributed by atoms with van der Waals surface area (Å²) < 4.78 is 7.19. The molecule has 0 radical (unpaired) electrons. The van der Waals surface area contributed by atoms with Crippen molar-refractivity contribution in [3.8, 4) is 5.75 Å². The second-order valence-electron chi connectivity index (χ2n) is 10.5. The number of hydrogen-bond acceptors (Lipinski definition) is 3. The van der Waals surface area contributed by atoms with Crippen LogP contribution in [0.1, 0.15) is 87.5 Å². The Balaban J connectivity index is 0.000000241. The first kappa shape index (κ1) is 31.4. The lowest BCUT2D eigenvalue weighted by Crippen LogP contribution is -2.22. The van der Waals surface area contributed by atoms with Crippen molar-refractivity contribution in [2.75, 3.05) is 0 Å². The highest BCUT2D eigenvalue weighted by Crippen LogP contribution is 2.31. The topological polar surface area (TPSA) is 68.5 Å². The number of unbranched alkanes of at least 4 members (excludes halogenated alkanes) is 1. The molecule has 216 valence electrons. The number of rotatable bonds is 12. The van der Waals surface area contributed by atoms with Crippen molar-refractivity contribution in [3.63, 3.8) is 0 Å². The summed E-state index contributed by atoms with van der Waals surface area (Å²) in [7, 11) is 0. The molecule has 1 aromatic heterocycles. The fourth-order valence-electron chi connectivity index (χ4n) is 4.84. The third-order valence-corrected chi connectivity index (χ3v) is 7.17. The first-order valence-corrected chi connectivity index (χ1v) is 14.6. The van der Waals surface area contributed by atoms with E-state index in [2.05, 4.69) is 75.4 Å². The second kappa shape index (κ2) is 16.2. The van der Waals surface area contributed by atoms with Gasteiger partial charge < -0.3 is 14.4 Å².